The Bertz CT molecular complexity index is 297. The van der Waals surface area contributed by atoms with E-state index in [1.54, 1.807) is 0 Å². The van der Waals surface area contributed by atoms with Gasteiger partial charge in [-0.3, -0.25) is 4.79 Å². The van der Waals surface area contributed by atoms with Gasteiger partial charge in [0.1, 0.15) is 5.54 Å². The maximum atomic E-state index is 11.9. The van der Waals surface area contributed by atoms with Crippen LogP contribution in [0.3, 0.4) is 0 Å². The number of nitrogens with one attached hydrogen (secondary N) is 1. The Hall–Kier alpha value is -1.04. The van der Waals surface area contributed by atoms with Gasteiger partial charge in [0.2, 0.25) is 5.91 Å². The summed E-state index contributed by atoms with van der Waals surface area (Å²) in [5.41, 5.74) is -0.525. The largest absolute Gasteiger partial charge is 0.338 e. The van der Waals surface area contributed by atoms with Crippen LogP contribution < -0.4 is 5.32 Å². The lowest BCUT2D eigenvalue weighted by Gasteiger charge is -2.25. The summed E-state index contributed by atoms with van der Waals surface area (Å²) in [5, 5.41) is 12.0. The van der Waals surface area contributed by atoms with Gasteiger partial charge < -0.3 is 5.32 Å². The van der Waals surface area contributed by atoms with Crippen LogP contribution in [0.5, 0.6) is 0 Å². The zero-order chi connectivity index (χ0) is 11.7. The fraction of sp³-hybridized carbons (Fsp3) is 0.833. The maximum absolute atomic E-state index is 11.9. The van der Waals surface area contributed by atoms with Gasteiger partial charge in [-0.15, -0.1) is 0 Å². The van der Waals surface area contributed by atoms with Crippen molar-refractivity contribution in [2.75, 3.05) is 0 Å². The molecule has 1 amide bonds. The second-order valence-corrected chi connectivity index (χ2v) is 5.14. The summed E-state index contributed by atoms with van der Waals surface area (Å²) in [4.78, 5) is 11.9. The van der Waals surface area contributed by atoms with E-state index in [0.717, 1.165) is 6.42 Å². The molecule has 0 saturated heterocycles. The first-order chi connectivity index (χ1) is 6.90. The van der Waals surface area contributed by atoms with Crippen molar-refractivity contribution in [3.63, 3.8) is 0 Å². The molecule has 0 aromatic heterocycles. The fourth-order valence-corrected chi connectivity index (χ4v) is 1.85. The second-order valence-electron chi connectivity index (χ2n) is 5.14. The van der Waals surface area contributed by atoms with Gasteiger partial charge >= 0.3 is 0 Å². The summed E-state index contributed by atoms with van der Waals surface area (Å²) in [5.74, 6) is 0.147. The van der Waals surface area contributed by atoms with E-state index < -0.39 is 5.54 Å². The number of nitriles is 1. The van der Waals surface area contributed by atoms with Gasteiger partial charge in [-0.25, -0.2) is 0 Å². The molecule has 1 atom stereocenters. The molecule has 3 heteroatoms. The van der Waals surface area contributed by atoms with E-state index in [2.05, 4.69) is 25.2 Å². The Balaban J connectivity index is 2.62. The van der Waals surface area contributed by atoms with Crippen LogP contribution in [-0.2, 0) is 4.79 Å². The topological polar surface area (TPSA) is 52.9 Å². The first-order valence-corrected chi connectivity index (χ1v) is 5.64. The van der Waals surface area contributed by atoms with Crippen LogP contribution in [0, 0.1) is 22.7 Å². The SMILES string of the molecule is CCC(C#N)(CC)NC(=O)C1CC1(C)C. The number of nitrogens with zero attached hydrogens (tertiary/aromatic N) is 1. The summed E-state index contributed by atoms with van der Waals surface area (Å²) in [6.07, 6.45) is 2.27. The van der Waals surface area contributed by atoms with E-state index >= 15 is 0 Å². The van der Waals surface area contributed by atoms with Crippen LogP contribution in [0.4, 0.5) is 0 Å². The predicted octanol–water partition coefficient (Wildman–Crippen LogP) is 2.23. The summed E-state index contributed by atoms with van der Waals surface area (Å²) in [6.45, 7) is 8.04. The average molecular weight is 208 g/mol. The molecule has 1 unspecified atom stereocenters. The van der Waals surface area contributed by atoms with E-state index in [-0.39, 0.29) is 17.2 Å². The van der Waals surface area contributed by atoms with Crippen LogP contribution in [0.15, 0.2) is 0 Å². The molecule has 1 aliphatic carbocycles. The highest BCUT2D eigenvalue weighted by Gasteiger charge is 2.51. The minimum Gasteiger partial charge on any atom is -0.338 e. The van der Waals surface area contributed by atoms with Crippen molar-refractivity contribution < 1.29 is 4.79 Å². The van der Waals surface area contributed by atoms with Crippen molar-refractivity contribution in [3.05, 3.63) is 0 Å². The van der Waals surface area contributed by atoms with Crippen molar-refractivity contribution >= 4 is 5.91 Å². The Morgan fingerprint density at radius 1 is 1.53 bits per heavy atom. The quantitative estimate of drug-likeness (QED) is 0.770. The monoisotopic (exact) mass is 208 g/mol. The van der Waals surface area contributed by atoms with E-state index in [0.29, 0.717) is 12.8 Å². The molecular formula is C12H20N2O. The van der Waals surface area contributed by atoms with Crippen molar-refractivity contribution in [2.24, 2.45) is 11.3 Å². The minimum absolute atomic E-state index is 0.0465. The summed E-state index contributed by atoms with van der Waals surface area (Å²) < 4.78 is 0. The van der Waals surface area contributed by atoms with Gasteiger partial charge in [0.05, 0.1) is 6.07 Å². The third-order valence-corrected chi connectivity index (χ3v) is 3.61. The number of carbonyl (C=O) groups is 1. The fourth-order valence-electron chi connectivity index (χ4n) is 1.85. The highest BCUT2D eigenvalue weighted by Crippen LogP contribution is 2.51. The normalized spacial score (nSPS) is 23.0. The number of hydrogen-bond acceptors (Lipinski definition) is 2. The third-order valence-electron chi connectivity index (χ3n) is 3.61. The van der Waals surface area contributed by atoms with Gasteiger partial charge in [0, 0.05) is 5.92 Å². The molecule has 3 nitrogen and oxygen atoms in total. The highest BCUT2D eigenvalue weighted by atomic mass is 16.2. The van der Waals surface area contributed by atoms with Crippen molar-refractivity contribution in [1.82, 2.24) is 5.32 Å². The third kappa shape index (κ3) is 2.31. The Labute approximate surface area is 91.9 Å². The molecule has 1 N–H and O–H groups in total. The van der Waals surface area contributed by atoms with E-state index in [9.17, 15) is 4.79 Å². The van der Waals surface area contributed by atoms with E-state index in [1.165, 1.54) is 0 Å². The smallest absolute Gasteiger partial charge is 0.224 e. The Kier molecular flexibility index (Phi) is 3.08. The van der Waals surface area contributed by atoms with Crippen molar-refractivity contribution in [3.8, 4) is 6.07 Å². The van der Waals surface area contributed by atoms with E-state index in [1.807, 2.05) is 13.8 Å². The van der Waals surface area contributed by atoms with Crippen LogP contribution in [0.2, 0.25) is 0 Å². The lowest BCUT2D eigenvalue weighted by molar-refractivity contribution is -0.124. The maximum Gasteiger partial charge on any atom is 0.224 e. The molecule has 0 aromatic rings. The molecule has 1 fully saturated rings. The molecule has 1 saturated carbocycles. The first kappa shape index (κ1) is 12.0. The standard InChI is InChI=1S/C12H20N2O/c1-5-12(6-2,8-13)14-10(15)9-7-11(9,3)4/h9H,5-7H2,1-4H3,(H,14,15). The predicted molar refractivity (Wildman–Crippen MR) is 59.0 cm³/mol. The number of hydrogen-bond donors (Lipinski definition) is 1. The van der Waals surface area contributed by atoms with E-state index in [4.69, 9.17) is 5.26 Å². The highest BCUT2D eigenvalue weighted by molar-refractivity contribution is 5.83. The summed E-state index contributed by atoms with van der Waals surface area (Å²) in [7, 11) is 0. The van der Waals surface area contributed by atoms with Gasteiger partial charge in [-0.05, 0) is 24.7 Å². The number of amides is 1. The second kappa shape index (κ2) is 3.84. The molecule has 0 aliphatic heterocycles. The van der Waals surface area contributed by atoms with Gasteiger partial charge in [0.25, 0.3) is 0 Å². The molecule has 84 valence electrons. The lowest BCUT2D eigenvalue weighted by atomic mass is 9.94. The number of rotatable bonds is 4. The van der Waals surface area contributed by atoms with Gasteiger partial charge in [-0.1, -0.05) is 27.7 Å². The van der Waals surface area contributed by atoms with Crippen LogP contribution >= 0.6 is 0 Å². The van der Waals surface area contributed by atoms with Gasteiger partial charge in [-0.2, -0.15) is 5.26 Å². The summed E-state index contributed by atoms with van der Waals surface area (Å²) in [6, 6.07) is 2.22. The Morgan fingerprint density at radius 3 is 2.27 bits per heavy atom. The molecule has 15 heavy (non-hydrogen) atoms. The molecule has 0 bridgehead atoms. The molecule has 0 aromatic carbocycles. The van der Waals surface area contributed by atoms with Crippen molar-refractivity contribution in [1.29, 1.82) is 5.26 Å². The molecular weight excluding hydrogens is 188 g/mol. The van der Waals surface area contributed by atoms with Crippen LogP contribution in [0.1, 0.15) is 47.0 Å². The van der Waals surface area contributed by atoms with Gasteiger partial charge in [0.15, 0.2) is 0 Å². The van der Waals surface area contributed by atoms with Crippen molar-refractivity contribution in [2.45, 2.75) is 52.5 Å². The average Bonchev–Trinajstić information content (AvgIpc) is 2.84. The van der Waals surface area contributed by atoms with Crippen LogP contribution in [-0.4, -0.2) is 11.4 Å². The molecule has 0 spiro atoms. The molecule has 1 aliphatic rings. The van der Waals surface area contributed by atoms with Crippen LogP contribution in [0.25, 0.3) is 0 Å². The number of carbonyl (C=O) groups excluding carboxylic acids is 1. The Morgan fingerprint density at radius 2 is 2.00 bits per heavy atom. The summed E-state index contributed by atoms with van der Waals surface area (Å²) >= 11 is 0. The zero-order valence-corrected chi connectivity index (χ0v) is 10.1. The molecule has 0 heterocycles. The first-order valence-electron chi connectivity index (χ1n) is 5.64. The molecule has 0 radical (unpaired) electrons. The lowest BCUT2D eigenvalue weighted by Crippen LogP contribution is -2.47. The minimum atomic E-state index is -0.657. The molecule has 1 rings (SSSR count). The zero-order valence-electron chi connectivity index (χ0n) is 10.1.